The summed E-state index contributed by atoms with van der Waals surface area (Å²) in [5.41, 5.74) is 1.13. The molecule has 92 valence electrons. The Bertz CT molecular complexity index is 364. The molecule has 17 heavy (non-hydrogen) atoms. The molecule has 2 aliphatic heterocycles. The van der Waals surface area contributed by atoms with Crippen LogP contribution in [0.25, 0.3) is 0 Å². The molecule has 0 aromatic heterocycles. The number of phenols is 1. The number of hydrogen-bond donors (Lipinski definition) is 2. The molecular formula is C14H19NO2. The molecule has 0 amide bonds. The first-order valence-electron chi connectivity index (χ1n) is 6.45. The Hall–Kier alpha value is -1.06. The van der Waals surface area contributed by atoms with E-state index >= 15 is 0 Å². The summed E-state index contributed by atoms with van der Waals surface area (Å²) in [7, 11) is 0. The minimum atomic E-state index is 0.314. The molecule has 2 fully saturated rings. The average Bonchev–Trinajstić information content (AvgIpc) is 2.68. The van der Waals surface area contributed by atoms with Gasteiger partial charge in [0.25, 0.3) is 0 Å². The second-order valence-corrected chi connectivity index (χ2v) is 5.21. The quantitative estimate of drug-likeness (QED) is 0.841. The first-order chi connectivity index (χ1) is 8.29. The van der Waals surface area contributed by atoms with Crippen molar-refractivity contribution in [2.24, 2.45) is 0 Å². The molecule has 0 spiro atoms. The highest BCUT2D eigenvalue weighted by Crippen LogP contribution is 2.29. The zero-order valence-electron chi connectivity index (χ0n) is 9.93. The van der Waals surface area contributed by atoms with Crippen molar-refractivity contribution in [3.63, 3.8) is 0 Å². The summed E-state index contributed by atoms with van der Waals surface area (Å²) in [6.07, 6.45) is 5.32. The second kappa shape index (κ2) is 4.67. The van der Waals surface area contributed by atoms with Crippen LogP contribution in [0.4, 0.5) is 0 Å². The minimum absolute atomic E-state index is 0.314. The van der Waals surface area contributed by atoms with Gasteiger partial charge in [-0.3, -0.25) is 0 Å². The van der Waals surface area contributed by atoms with E-state index in [1.165, 1.54) is 12.8 Å². The molecule has 2 heterocycles. The summed E-state index contributed by atoms with van der Waals surface area (Å²) >= 11 is 0. The summed E-state index contributed by atoms with van der Waals surface area (Å²) in [4.78, 5) is 0. The van der Waals surface area contributed by atoms with Gasteiger partial charge in [-0.2, -0.15) is 0 Å². The molecule has 3 heteroatoms. The van der Waals surface area contributed by atoms with Gasteiger partial charge >= 0.3 is 0 Å². The summed E-state index contributed by atoms with van der Waals surface area (Å²) in [6, 6.07) is 8.63. The SMILES string of the molecule is Oc1ccc(COC2CC3CCC(C2)N3)cc1. The highest BCUT2D eigenvalue weighted by atomic mass is 16.5. The zero-order valence-corrected chi connectivity index (χ0v) is 9.93. The van der Waals surface area contributed by atoms with Crippen molar-refractivity contribution < 1.29 is 9.84 Å². The van der Waals surface area contributed by atoms with Crippen LogP contribution in [-0.2, 0) is 11.3 Å². The third-order valence-corrected chi connectivity index (χ3v) is 3.85. The van der Waals surface area contributed by atoms with E-state index in [9.17, 15) is 5.11 Å². The highest BCUT2D eigenvalue weighted by Gasteiger charge is 2.33. The van der Waals surface area contributed by atoms with Crippen LogP contribution in [0.3, 0.4) is 0 Å². The average molecular weight is 233 g/mol. The number of ether oxygens (including phenoxy) is 1. The first kappa shape index (κ1) is 11.1. The highest BCUT2D eigenvalue weighted by molar-refractivity contribution is 5.25. The van der Waals surface area contributed by atoms with Crippen LogP contribution < -0.4 is 5.32 Å². The lowest BCUT2D eigenvalue weighted by Gasteiger charge is -2.29. The molecule has 2 bridgehead atoms. The number of nitrogens with one attached hydrogen (secondary N) is 1. The van der Waals surface area contributed by atoms with Gasteiger partial charge in [0.15, 0.2) is 0 Å². The van der Waals surface area contributed by atoms with Crippen molar-refractivity contribution in [3.8, 4) is 5.75 Å². The lowest BCUT2D eigenvalue weighted by atomic mass is 10.0. The standard InChI is InChI=1S/C14H19NO2/c16-13-5-1-10(2-6-13)9-17-14-7-11-3-4-12(8-14)15-11/h1-2,5-6,11-12,14-16H,3-4,7-9H2. The Morgan fingerprint density at radius 1 is 1.12 bits per heavy atom. The molecule has 2 N–H and O–H groups in total. The van der Waals surface area contributed by atoms with Gasteiger partial charge in [-0.15, -0.1) is 0 Å². The number of phenolic OH excluding ortho intramolecular Hbond substituents is 1. The molecule has 1 aromatic rings. The predicted molar refractivity (Wildman–Crippen MR) is 65.9 cm³/mol. The Kier molecular flexibility index (Phi) is 3.04. The summed E-state index contributed by atoms with van der Waals surface area (Å²) in [6.45, 7) is 0.657. The van der Waals surface area contributed by atoms with E-state index in [2.05, 4.69) is 5.32 Å². The Balaban J connectivity index is 1.52. The van der Waals surface area contributed by atoms with Crippen molar-refractivity contribution in [1.82, 2.24) is 5.32 Å². The Morgan fingerprint density at radius 3 is 2.41 bits per heavy atom. The molecular weight excluding hydrogens is 214 g/mol. The van der Waals surface area contributed by atoms with Crippen molar-refractivity contribution in [1.29, 1.82) is 0 Å². The summed E-state index contributed by atoms with van der Waals surface area (Å²) < 4.78 is 5.97. The van der Waals surface area contributed by atoms with Gasteiger partial charge in [0.2, 0.25) is 0 Å². The topological polar surface area (TPSA) is 41.5 Å². The lowest BCUT2D eigenvalue weighted by Crippen LogP contribution is -2.41. The summed E-state index contributed by atoms with van der Waals surface area (Å²) in [5, 5.41) is 12.8. The van der Waals surface area contributed by atoms with Crippen LogP contribution in [-0.4, -0.2) is 23.3 Å². The van der Waals surface area contributed by atoms with E-state index in [4.69, 9.17) is 4.74 Å². The van der Waals surface area contributed by atoms with E-state index in [0.717, 1.165) is 18.4 Å². The van der Waals surface area contributed by atoms with Gasteiger partial charge in [0, 0.05) is 12.1 Å². The second-order valence-electron chi connectivity index (χ2n) is 5.21. The molecule has 2 unspecified atom stereocenters. The fourth-order valence-corrected chi connectivity index (χ4v) is 2.95. The van der Waals surface area contributed by atoms with Gasteiger partial charge in [0.05, 0.1) is 12.7 Å². The third-order valence-electron chi connectivity index (χ3n) is 3.85. The van der Waals surface area contributed by atoms with Gasteiger partial charge in [-0.05, 0) is 43.4 Å². The van der Waals surface area contributed by atoms with Gasteiger partial charge in [0.1, 0.15) is 5.75 Å². The van der Waals surface area contributed by atoms with Gasteiger partial charge in [-0.25, -0.2) is 0 Å². The molecule has 2 aliphatic rings. The molecule has 0 radical (unpaired) electrons. The van der Waals surface area contributed by atoms with E-state index in [0.29, 0.717) is 30.5 Å². The normalized spacial score (nSPS) is 31.6. The smallest absolute Gasteiger partial charge is 0.115 e. The first-order valence-corrected chi connectivity index (χ1v) is 6.45. The minimum Gasteiger partial charge on any atom is -0.508 e. The number of aromatic hydroxyl groups is 1. The molecule has 0 aliphatic carbocycles. The fraction of sp³-hybridized carbons (Fsp3) is 0.571. The Morgan fingerprint density at radius 2 is 1.76 bits per heavy atom. The summed E-state index contributed by atoms with van der Waals surface area (Å²) in [5.74, 6) is 0.314. The zero-order chi connectivity index (χ0) is 11.7. The largest absolute Gasteiger partial charge is 0.508 e. The van der Waals surface area contributed by atoms with Crippen LogP contribution in [0.1, 0.15) is 31.2 Å². The molecule has 1 aromatic carbocycles. The van der Waals surface area contributed by atoms with Crippen LogP contribution >= 0.6 is 0 Å². The molecule has 3 nitrogen and oxygen atoms in total. The maximum atomic E-state index is 9.20. The monoisotopic (exact) mass is 233 g/mol. The lowest BCUT2D eigenvalue weighted by molar-refractivity contribution is 0.00916. The molecule has 0 saturated carbocycles. The van der Waals surface area contributed by atoms with Crippen LogP contribution in [0.2, 0.25) is 0 Å². The number of rotatable bonds is 3. The molecule has 2 atom stereocenters. The van der Waals surface area contributed by atoms with Crippen molar-refractivity contribution in [3.05, 3.63) is 29.8 Å². The maximum absolute atomic E-state index is 9.20. The number of fused-ring (bicyclic) bond motifs is 2. The van der Waals surface area contributed by atoms with E-state index < -0.39 is 0 Å². The molecule has 3 rings (SSSR count). The van der Waals surface area contributed by atoms with E-state index in [1.54, 1.807) is 12.1 Å². The van der Waals surface area contributed by atoms with E-state index in [-0.39, 0.29) is 0 Å². The number of hydrogen-bond acceptors (Lipinski definition) is 3. The number of benzene rings is 1. The predicted octanol–water partition coefficient (Wildman–Crippen LogP) is 2.19. The molecule has 2 saturated heterocycles. The Labute approximate surface area is 102 Å². The van der Waals surface area contributed by atoms with Crippen LogP contribution in [0, 0.1) is 0 Å². The fourth-order valence-electron chi connectivity index (χ4n) is 2.95. The van der Waals surface area contributed by atoms with Crippen molar-refractivity contribution in [2.75, 3.05) is 0 Å². The maximum Gasteiger partial charge on any atom is 0.115 e. The third kappa shape index (κ3) is 2.61. The van der Waals surface area contributed by atoms with Gasteiger partial charge < -0.3 is 15.2 Å². The van der Waals surface area contributed by atoms with Crippen molar-refractivity contribution >= 4 is 0 Å². The van der Waals surface area contributed by atoms with Crippen LogP contribution in [0.15, 0.2) is 24.3 Å². The number of piperidine rings is 1. The van der Waals surface area contributed by atoms with Gasteiger partial charge in [-0.1, -0.05) is 12.1 Å². The van der Waals surface area contributed by atoms with Crippen molar-refractivity contribution in [2.45, 2.75) is 50.5 Å². The van der Waals surface area contributed by atoms with Crippen LogP contribution in [0.5, 0.6) is 5.75 Å². The van der Waals surface area contributed by atoms with E-state index in [1.807, 2.05) is 12.1 Å².